The van der Waals surface area contributed by atoms with Crippen molar-refractivity contribution in [3.05, 3.63) is 84.2 Å². The fourth-order valence-electron chi connectivity index (χ4n) is 2.54. The Balaban J connectivity index is 1.70. The van der Waals surface area contributed by atoms with Crippen LogP contribution >= 0.6 is 0 Å². The highest BCUT2D eigenvalue weighted by Crippen LogP contribution is 2.20. The number of nitrogens with zero attached hydrogens (tertiary/aromatic N) is 1. The number of hydrogen-bond acceptors (Lipinski definition) is 3. The zero-order chi connectivity index (χ0) is 15.9. The van der Waals surface area contributed by atoms with E-state index in [1.807, 2.05) is 18.3 Å². The van der Waals surface area contributed by atoms with E-state index in [0.29, 0.717) is 6.61 Å². The molecule has 23 heavy (non-hydrogen) atoms. The molecule has 0 bridgehead atoms. The van der Waals surface area contributed by atoms with Crippen molar-refractivity contribution in [2.24, 2.45) is 0 Å². The Bertz CT molecular complexity index is 756. The molecule has 2 aromatic carbocycles. The third kappa shape index (κ3) is 4.18. The van der Waals surface area contributed by atoms with Gasteiger partial charge in [0.2, 0.25) is 0 Å². The Kier molecular flexibility index (Phi) is 5.02. The summed E-state index contributed by atoms with van der Waals surface area (Å²) in [4.78, 5) is 4.18. The van der Waals surface area contributed by atoms with Crippen LogP contribution in [0.5, 0.6) is 0 Å². The van der Waals surface area contributed by atoms with Gasteiger partial charge in [-0.25, -0.2) is 0 Å². The van der Waals surface area contributed by atoms with E-state index in [-0.39, 0.29) is 0 Å². The summed E-state index contributed by atoms with van der Waals surface area (Å²) in [7, 11) is 1.71. The Morgan fingerprint density at radius 2 is 1.74 bits per heavy atom. The minimum Gasteiger partial charge on any atom is -0.381 e. The van der Waals surface area contributed by atoms with Gasteiger partial charge in [0, 0.05) is 31.7 Å². The van der Waals surface area contributed by atoms with Crippen LogP contribution in [0.15, 0.2) is 73.1 Å². The zero-order valence-corrected chi connectivity index (χ0v) is 13.2. The van der Waals surface area contributed by atoms with Gasteiger partial charge >= 0.3 is 0 Å². The molecule has 1 N–H and O–H groups in total. The molecule has 0 aliphatic heterocycles. The predicted molar refractivity (Wildman–Crippen MR) is 94.2 cm³/mol. The lowest BCUT2D eigenvalue weighted by Gasteiger charge is -2.10. The maximum atomic E-state index is 5.18. The molecule has 0 spiro atoms. The summed E-state index contributed by atoms with van der Waals surface area (Å²) in [6.07, 6.45) is 3.68. The third-order valence-corrected chi connectivity index (χ3v) is 3.66. The number of benzene rings is 2. The van der Waals surface area contributed by atoms with Gasteiger partial charge in [0.05, 0.1) is 6.61 Å². The minimum absolute atomic E-state index is 0.631. The van der Waals surface area contributed by atoms with E-state index in [9.17, 15) is 0 Å². The van der Waals surface area contributed by atoms with Gasteiger partial charge in [-0.15, -0.1) is 0 Å². The first-order valence-electron chi connectivity index (χ1n) is 7.66. The predicted octanol–water partition coefficient (Wildman–Crippen LogP) is 4.51. The number of methoxy groups -OCH3 is 1. The van der Waals surface area contributed by atoms with Crippen molar-refractivity contribution in [2.75, 3.05) is 12.4 Å². The second kappa shape index (κ2) is 7.56. The lowest BCUT2D eigenvalue weighted by molar-refractivity contribution is 0.185. The van der Waals surface area contributed by atoms with E-state index in [0.717, 1.165) is 17.8 Å². The van der Waals surface area contributed by atoms with Gasteiger partial charge in [0.15, 0.2) is 0 Å². The first-order valence-corrected chi connectivity index (χ1v) is 7.66. The molecule has 0 fully saturated rings. The monoisotopic (exact) mass is 304 g/mol. The molecule has 0 aliphatic carbocycles. The second-order valence-electron chi connectivity index (χ2n) is 5.43. The Hall–Kier alpha value is -2.65. The smallest absolute Gasteiger partial charge is 0.0713 e. The van der Waals surface area contributed by atoms with Gasteiger partial charge in [-0.05, 0) is 46.5 Å². The summed E-state index contributed by atoms with van der Waals surface area (Å²) < 4.78 is 5.18. The van der Waals surface area contributed by atoms with Crippen molar-refractivity contribution in [3.63, 3.8) is 0 Å². The highest BCUT2D eigenvalue weighted by atomic mass is 16.5. The summed E-state index contributed by atoms with van der Waals surface area (Å²) in [5, 5.41) is 3.47. The molecule has 1 heterocycles. The maximum absolute atomic E-state index is 5.18. The Labute approximate surface area is 137 Å². The van der Waals surface area contributed by atoms with Crippen LogP contribution in [0.2, 0.25) is 0 Å². The van der Waals surface area contributed by atoms with Gasteiger partial charge < -0.3 is 10.1 Å². The first-order chi connectivity index (χ1) is 11.3. The Morgan fingerprint density at radius 1 is 0.913 bits per heavy atom. The molecule has 0 amide bonds. The van der Waals surface area contributed by atoms with E-state index in [2.05, 4.69) is 58.8 Å². The molecule has 0 radical (unpaired) electrons. The molecule has 116 valence electrons. The lowest BCUT2D eigenvalue weighted by atomic mass is 10.0. The van der Waals surface area contributed by atoms with Crippen molar-refractivity contribution in [1.82, 2.24) is 4.98 Å². The molecule has 0 unspecified atom stereocenters. The van der Waals surface area contributed by atoms with E-state index >= 15 is 0 Å². The molecule has 0 saturated heterocycles. The molecule has 0 aliphatic rings. The van der Waals surface area contributed by atoms with Crippen molar-refractivity contribution in [1.29, 1.82) is 0 Å². The number of anilines is 1. The number of hydrogen-bond donors (Lipinski definition) is 1. The standard InChI is InChI=1S/C20H20N2O/c1-23-15-17-6-3-9-20(12-17)22-13-16-5-2-7-18(11-16)19-8-4-10-21-14-19/h2-12,14,22H,13,15H2,1H3. The fraction of sp³-hybridized carbons (Fsp3) is 0.150. The average Bonchev–Trinajstić information content (AvgIpc) is 2.62. The number of nitrogens with one attached hydrogen (secondary N) is 1. The summed E-state index contributed by atoms with van der Waals surface area (Å²) >= 11 is 0. The molecule has 3 nitrogen and oxygen atoms in total. The highest BCUT2D eigenvalue weighted by molar-refractivity contribution is 5.63. The topological polar surface area (TPSA) is 34.1 Å². The normalized spacial score (nSPS) is 10.5. The van der Waals surface area contributed by atoms with Gasteiger partial charge in [-0.2, -0.15) is 0 Å². The number of ether oxygens (including phenoxy) is 1. The van der Waals surface area contributed by atoms with Crippen LogP contribution in [-0.4, -0.2) is 12.1 Å². The van der Waals surface area contributed by atoms with E-state index < -0.39 is 0 Å². The van der Waals surface area contributed by atoms with Crippen LogP contribution < -0.4 is 5.32 Å². The molecule has 0 atom stereocenters. The highest BCUT2D eigenvalue weighted by Gasteiger charge is 2.00. The summed E-state index contributed by atoms with van der Waals surface area (Å²) in [5.41, 5.74) is 5.83. The second-order valence-corrected chi connectivity index (χ2v) is 5.43. The zero-order valence-electron chi connectivity index (χ0n) is 13.2. The van der Waals surface area contributed by atoms with Gasteiger partial charge in [0.25, 0.3) is 0 Å². The van der Waals surface area contributed by atoms with Crippen molar-refractivity contribution in [3.8, 4) is 11.1 Å². The van der Waals surface area contributed by atoms with E-state index in [1.54, 1.807) is 13.3 Å². The molecular weight excluding hydrogens is 284 g/mol. The number of rotatable bonds is 6. The molecule has 1 aromatic heterocycles. The van der Waals surface area contributed by atoms with Gasteiger partial charge in [-0.3, -0.25) is 4.98 Å². The van der Waals surface area contributed by atoms with Crippen molar-refractivity contribution < 1.29 is 4.74 Å². The third-order valence-electron chi connectivity index (χ3n) is 3.66. The van der Waals surface area contributed by atoms with Gasteiger partial charge in [0.1, 0.15) is 0 Å². The van der Waals surface area contributed by atoms with Crippen LogP contribution in [-0.2, 0) is 17.9 Å². The summed E-state index contributed by atoms with van der Waals surface area (Å²) in [5.74, 6) is 0. The molecule has 3 rings (SSSR count). The molecule has 3 aromatic rings. The summed E-state index contributed by atoms with van der Waals surface area (Å²) in [6, 6.07) is 20.9. The number of aromatic nitrogens is 1. The van der Waals surface area contributed by atoms with Crippen LogP contribution in [0.4, 0.5) is 5.69 Å². The first kappa shape index (κ1) is 15.3. The Morgan fingerprint density at radius 3 is 2.57 bits per heavy atom. The molecular formula is C20H20N2O. The average molecular weight is 304 g/mol. The van der Waals surface area contributed by atoms with Crippen LogP contribution in [0.3, 0.4) is 0 Å². The lowest BCUT2D eigenvalue weighted by Crippen LogP contribution is -2.00. The van der Waals surface area contributed by atoms with Crippen molar-refractivity contribution >= 4 is 5.69 Å². The molecule has 3 heteroatoms. The van der Waals surface area contributed by atoms with Crippen molar-refractivity contribution in [2.45, 2.75) is 13.2 Å². The van der Waals surface area contributed by atoms with Crippen LogP contribution in [0, 0.1) is 0 Å². The van der Waals surface area contributed by atoms with E-state index in [4.69, 9.17) is 4.74 Å². The largest absolute Gasteiger partial charge is 0.381 e. The molecule has 0 saturated carbocycles. The summed E-state index contributed by atoms with van der Waals surface area (Å²) in [6.45, 7) is 1.41. The fourth-order valence-corrected chi connectivity index (χ4v) is 2.54. The number of pyridine rings is 1. The van der Waals surface area contributed by atoms with Crippen LogP contribution in [0.1, 0.15) is 11.1 Å². The van der Waals surface area contributed by atoms with Gasteiger partial charge in [-0.1, -0.05) is 36.4 Å². The SMILES string of the molecule is COCc1cccc(NCc2cccc(-c3cccnc3)c2)c1. The quantitative estimate of drug-likeness (QED) is 0.727. The maximum Gasteiger partial charge on any atom is 0.0713 e. The van der Waals surface area contributed by atoms with Crippen LogP contribution in [0.25, 0.3) is 11.1 Å². The van der Waals surface area contributed by atoms with E-state index in [1.165, 1.54) is 16.7 Å². The minimum atomic E-state index is 0.631.